The minimum absolute atomic E-state index is 0.138. The maximum Gasteiger partial charge on any atom is 0.234 e. The molecule has 1 aliphatic rings. The highest BCUT2D eigenvalue weighted by Crippen LogP contribution is 2.16. The summed E-state index contributed by atoms with van der Waals surface area (Å²) in [4.78, 5) is 11.7. The number of ether oxygens (including phenoxy) is 1. The molecule has 0 atom stereocenters. The second kappa shape index (κ2) is 11.2. The van der Waals surface area contributed by atoms with Crippen molar-refractivity contribution in [2.24, 2.45) is 0 Å². The van der Waals surface area contributed by atoms with Gasteiger partial charge in [-0.25, -0.2) is 0 Å². The molecule has 0 bridgehead atoms. The lowest BCUT2D eigenvalue weighted by molar-refractivity contribution is -0.121. The summed E-state index contributed by atoms with van der Waals surface area (Å²) in [6.45, 7) is 5.10. The van der Waals surface area contributed by atoms with Gasteiger partial charge in [0, 0.05) is 19.3 Å². The van der Waals surface area contributed by atoms with Gasteiger partial charge in [0.05, 0.1) is 6.54 Å². The van der Waals surface area contributed by atoms with Crippen molar-refractivity contribution >= 4 is 5.91 Å². The SMILES string of the molecule is CCCCOCCCNCC(=O)NC1CCCCC1. The highest BCUT2D eigenvalue weighted by molar-refractivity contribution is 5.78. The maximum absolute atomic E-state index is 11.7. The molecule has 1 amide bonds. The van der Waals surface area contributed by atoms with Crippen LogP contribution in [0, 0.1) is 0 Å². The van der Waals surface area contributed by atoms with E-state index >= 15 is 0 Å². The van der Waals surface area contributed by atoms with Crippen LogP contribution in [0.2, 0.25) is 0 Å². The largest absolute Gasteiger partial charge is 0.381 e. The Morgan fingerprint density at radius 1 is 1.16 bits per heavy atom. The molecule has 0 aliphatic heterocycles. The van der Waals surface area contributed by atoms with Crippen LogP contribution in [0.3, 0.4) is 0 Å². The van der Waals surface area contributed by atoms with Gasteiger partial charge in [-0.15, -0.1) is 0 Å². The van der Waals surface area contributed by atoms with E-state index in [0.29, 0.717) is 12.6 Å². The summed E-state index contributed by atoms with van der Waals surface area (Å²) < 4.78 is 5.46. The van der Waals surface area contributed by atoms with Gasteiger partial charge >= 0.3 is 0 Å². The van der Waals surface area contributed by atoms with Crippen molar-refractivity contribution in [3.05, 3.63) is 0 Å². The van der Waals surface area contributed by atoms with E-state index in [1.807, 2.05) is 0 Å². The normalized spacial score (nSPS) is 16.5. The van der Waals surface area contributed by atoms with E-state index in [2.05, 4.69) is 17.6 Å². The molecule has 0 radical (unpaired) electrons. The first-order valence-electron chi connectivity index (χ1n) is 7.90. The Kier molecular flexibility index (Phi) is 9.72. The zero-order chi connectivity index (χ0) is 13.8. The van der Waals surface area contributed by atoms with Crippen LogP contribution in [0.15, 0.2) is 0 Å². The summed E-state index contributed by atoms with van der Waals surface area (Å²) in [5.74, 6) is 0.138. The van der Waals surface area contributed by atoms with E-state index in [4.69, 9.17) is 4.74 Å². The Labute approximate surface area is 117 Å². The van der Waals surface area contributed by atoms with Crippen LogP contribution in [0.5, 0.6) is 0 Å². The van der Waals surface area contributed by atoms with E-state index in [-0.39, 0.29) is 5.91 Å². The predicted molar refractivity (Wildman–Crippen MR) is 78.2 cm³/mol. The molecule has 1 aliphatic carbocycles. The summed E-state index contributed by atoms with van der Waals surface area (Å²) in [6.07, 6.45) is 9.43. The zero-order valence-electron chi connectivity index (χ0n) is 12.4. The zero-order valence-corrected chi connectivity index (χ0v) is 12.4. The Morgan fingerprint density at radius 3 is 2.63 bits per heavy atom. The predicted octanol–water partition coefficient (Wildman–Crippen LogP) is 2.23. The molecular formula is C15H30N2O2. The van der Waals surface area contributed by atoms with Gasteiger partial charge in [-0.1, -0.05) is 32.6 Å². The molecular weight excluding hydrogens is 240 g/mol. The van der Waals surface area contributed by atoms with Crippen molar-refractivity contribution < 1.29 is 9.53 Å². The van der Waals surface area contributed by atoms with Crippen molar-refractivity contribution in [3.8, 4) is 0 Å². The third kappa shape index (κ3) is 9.00. The molecule has 2 N–H and O–H groups in total. The molecule has 0 saturated heterocycles. The lowest BCUT2D eigenvalue weighted by Gasteiger charge is -2.22. The monoisotopic (exact) mass is 270 g/mol. The van der Waals surface area contributed by atoms with Gasteiger partial charge in [-0.3, -0.25) is 4.79 Å². The second-order valence-corrected chi connectivity index (χ2v) is 5.40. The highest BCUT2D eigenvalue weighted by atomic mass is 16.5. The molecule has 0 heterocycles. The third-order valence-electron chi connectivity index (χ3n) is 3.54. The van der Waals surface area contributed by atoms with E-state index in [1.165, 1.54) is 25.7 Å². The molecule has 4 heteroatoms. The Balaban J connectivity index is 1.87. The first-order chi connectivity index (χ1) is 9.33. The molecule has 0 unspecified atom stereocenters. The topological polar surface area (TPSA) is 50.4 Å². The number of nitrogens with one attached hydrogen (secondary N) is 2. The van der Waals surface area contributed by atoms with Gasteiger partial charge in [0.1, 0.15) is 0 Å². The van der Waals surface area contributed by atoms with Gasteiger partial charge in [0.2, 0.25) is 5.91 Å². The average molecular weight is 270 g/mol. The summed E-state index contributed by atoms with van der Waals surface area (Å²) in [6, 6.07) is 0.417. The maximum atomic E-state index is 11.7. The van der Waals surface area contributed by atoms with Gasteiger partial charge in [0.15, 0.2) is 0 Å². The molecule has 19 heavy (non-hydrogen) atoms. The van der Waals surface area contributed by atoms with Gasteiger partial charge < -0.3 is 15.4 Å². The number of amides is 1. The molecule has 112 valence electrons. The van der Waals surface area contributed by atoms with Gasteiger partial charge in [-0.2, -0.15) is 0 Å². The van der Waals surface area contributed by atoms with Crippen LogP contribution in [-0.4, -0.2) is 38.3 Å². The first-order valence-corrected chi connectivity index (χ1v) is 7.90. The molecule has 1 rings (SSSR count). The standard InChI is InChI=1S/C15H30N2O2/c1-2-3-11-19-12-7-10-16-13-15(18)17-14-8-5-4-6-9-14/h14,16H,2-13H2,1H3,(H,17,18). The van der Waals surface area contributed by atoms with E-state index in [0.717, 1.165) is 45.4 Å². The summed E-state index contributed by atoms with van der Waals surface area (Å²) >= 11 is 0. The second-order valence-electron chi connectivity index (χ2n) is 5.40. The number of carbonyl (C=O) groups excluding carboxylic acids is 1. The van der Waals surface area contributed by atoms with Crippen LogP contribution >= 0.6 is 0 Å². The van der Waals surface area contributed by atoms with E-state index in [1.54, 1.807) is 0 Å². The molecule has 0 aromatic heterocycles. The number of carbonyl (C=O) groups is 1. The van der Waals surface area contributed by atoms with E-state index in [9.17, 15) is 4.79 Å². The fourth-order valence-corrected chi connectivity index (χ4v) is 2.38. The summed E-state index contributed by atoms with van der Waals surface area (Å²) in [7, 11) is 0. The lowest BCUT2D eigenvalue weighted by Crippen LogP contribution is -2.41. The van der Waals surface area contributed by atoms with Crippen molar-refractivity contribution in [2.75, 3.05) is 26.3 Å². The van der Waals surface area contributed by atoms with E-state index < -0.39 is 0 Å². The number of hydrogen-bond acceptors (Lipinski definition) is 3. The Morgan fingerprint density at radius 2 is 1.89 bits per heavy atom. The number of rotatable bonds is 10. The fourth-order valence-electron chi connectivity index (χ4n) is 2.38. The first kappa shape index (κ1) is 16.4. The molecule has 1 fully saturated rings. The highest BCUT2D eigenvalue weighted by Gasteiger charge is 2.14. The molecule has 0 spiro atoms. The fraction of sp³-hybridized carbons (Fsp3) is 0.933. The Bertz CT molecular complexity index is 228. The molecule has 1 saturated carbocycles. The van der Waals surface area contributed by atoms with Crippen LogP contribution in [0.1, 0.15) is 58.3 Å². The summed E-state index contributed by atoms with van der Waals surface area (Å²) in [5.41, 5.74) is 0. The quantitative estimate of drug-likeness (QED) is 0.599. The number of unbranched alkanes of at least 4 members (excludes halogenated alkanes) is 1. The minimum Gasteiger partial charge on any atom is -0.381 e. The van der Waals surface area contributed by atoms with Crippen molar-refractivity contribution in [2.45, 2.75) is 64.3 Å². The van der Waals surface area contributed by atoms with Crippen LogP contribution in [0.4, 0.5) is 0 Å². The molecule has 0 aromatic rings. The van der Waals surface area contributed by atoms with Crippen LogP contribution in [-0.2, 0) is 9.53 Å². The average Bonchev–Trinajstić information content (AvgIpc) is 2.43. The van der Waals surface area contributed by atoms with Gasteiger partial charge in [-0.05, 0) is 32.2 Å². The van der Waals surface area contributed by atoms with Crippen molar-refractivity contribution in [1.29, 1.82) is 0 Å². The molecule has 0 aromatic carbocycles. The number of hydrogen-bond donors (Lipinski definition) is 2. The van der Waals surface area contributed by atoms with Crippen LogP contribution < -0.4 is 10.6 Å². The van der Waals surface area contributed by atoms with Crippen molar-refractivity contribution in [3.63, 3.8) is 0 Å². The third-order valence-corrected chi connectivity index (χ3v) is 3.54. The van der Waals surface area contributed by atoms with Gasteiger partial charge in [0.25, 0.3) is 0 Å². The lowest BCUT2D eigenvalue weighted by atomic mass is 9.95. The van der Waals surface area contributed by atoms with Crippen LogP contribution in [0.25, 0.3) is 0 Å². The Hall–Kier alpha value is -0.610. The summed E-state index contributed by atoms with van der Waals surface area (Å²) in [5, 5.41) is 6.28. The molecule has 4 nitrogen and oxygen atoms in total. The smallest absolute Gasteiger partial charge is 0.234 e. The minimum atomic E-state index is 0.138. The van der Waals surface area contributed by atoms with Crippen molar-refractivity contribution in [1.82, 2.24) is 10.6 Å².